The average Bonchev–Trinajstić information content (AvgIpc) is 3.32. The minimum atomic E-state index is -0.859. The Kier molecular flexibility index (Phi) is 5.17. The maximum Gasteiger partial charge on any atom is 0.325 e. The smallest absolute Gasteiger partial charge is 0.325 e. The number of thiazole rings is 1. The number of imide groups is 1. The summed E-state index contributed by atoms with van der Waals surface area (Å²) in [5.41, 5.74) is 1.57. The molecule has 2 atom stereocenters. The highest BCUT2D eigenvalue weighted by Gasteiger charge is 2.55. The molecule has 3 aromatic rings. The molecule has 4 amide bonds. The van der Waals surface area contributed by atoms with Crippen LogP contribution in [-0.4, -0.2) is 39.8 Å². The first-order valence-corrected chi connectivity index (χ1v) is 11.7. The minimum absolute atomic E-state index is 0.0613. The van der Waals surface area contributed by atoms with E-state index in [2.05, 4.69) is 15.6 Å². The van der Waals surface area contributed by atoms with Crippen LogP contribution < -0.4 is 10.6 Å². The number of amides is 4. The summed E-state index contributed by atoms with van der Waals surface area (Å²) >= 11 is 1.59. The van der Waals surface area contributed by atoms with Crippen LogP contribution in [0, 0.1) is 5.92 Å². The molecule has 7 nitrogen and oxygen atoms in total. The van der Waals surface area contributed by atoms with Crippen molar-refractivity contribution >= 4 is 45.1 Å². The first kappa shape index (κ1) is 20.6. The van der Waals surface area contributed by atoms with Gasteiger partial charge >= 0.3 is 6.03 Å². The minimum Gasteiger partial charge on any atom is -0.325 e. The molecule has 2 N–H and O–H groups in total. The molecule has 5 rings (SSSR count). The molecule has 164 valence electrons. The van der Waals surface area contributed by atoms with E-state index in [9.17, 15) is 14.4 Å². The number of anilines is 1. The molecule has 1 saturated carbocycles. The van der Waals surface area contributed by atoms with E-state index < -0.39 is 17.5 Å². The van der Waals surface area contributed by atoms with Gasteiger partial charge in [-0.3, -0.25) is 14.5 Å². The Balaban J connectivity index is 1.30. The third kappa shape index (κ3) is 3.54. The van der Waals surface area contributed by atoms with E-state index in [4.69, 9.17) is 0 Å². The lowest BCUT2D eigenvalue weighted by atomic mass is 9.73. The maximum absolute atomic E-state index is 13.1. The molecule has 2 aliphatic rings. The molecule has 2 aromatic carbocycles. The molecule has 1 spiro atoms. The van der Waals surface area contributed by atoms with Gasteiger partial charge in [-0.2, -0.15) is 0 Å². The topological polar surface area (TPSA) is 91.4 Å². The molecule has 2 fully saturated rings. The number of aromatic nitrogens is 1. The van der Waals surface area contributed by atoms with Gasteiger partial charge in [0.05, 0.1) is 10.2 Å². The lowest BCUT2D eigenvalue weighted by Gasteiger charge is -2.36. The molecule has 8 heteroatoms. The number of carbonyl (C=O) groups is 3. The van der Waals surface area contributed by atoms with E-state index >= 15 is 0 Å². The second kappa shape index (κ2) is 8.02. The van der Waals surface area contributed by atoms with Crippen molar-refractivity contribution in [2.24, 2.45) is 5.92 Å². The number of hydrogen-bond acceptors (Lipinski definition) is 5. The molecular formula is C24H24N4O3S. The van der Waals surface area contributed by atoms with Gasteiger partial charge < -0.3 is 10.6 Å². The van der Waals surface area contributed by atoms with Gasteiger partial charge in [-0.15, -0.1) is 11.3 Å². The summed E-state index contributed by atoms with van der Waals surface area (Å²) in [6, 6.07) is 14.9. The van der Waals surface area contributed by atoms with Crippen LogP contribution in [0.25, 0.3) is 20.8 Å². The van der Waals surface area contributed by atoms with Crippen molar-refractivity contribution in [1.82, 2.24) is 15.2 Å². The summed E-state index contributed by atoms with van der Waals surface area (Å²) in [6.07, 6.45) is 3.47. The Hall–Kier alpha value is -3.26. The molecule has 2 unspecified atom stereocenters. The number of urea groups is 1. The third-order valence-corrected chi connectivity index (χ3v) is 7.58. The lowest BCUT2D eigenvalue weighted by Crippen LogP contribution is -2.54. The second-order valence-electron chi connectivity index (χ2n) is 8.56. The van der Waals surface area contributed by atoms with E-state index in [0.717, 1.165) is 45.0 Å². The van der Waals surface area contributed by atoms with E-state index in [0.29, 0.717) is 12.1 Å². The number of para-hydroxylation sites is 1. The monoisotopic (exact) mass is 448 g/mol. The highest BCUT2D eigenvalue weighted by atomic mass is 32.1. The Morgan fingerprint density at radius 1 is 1.22 bits per heavy atom. The Morgan fingerprint density at radius 3 is 2.88 bits per heavy atom. The highest BCUT2D eigenvalue weighted by molar-refractivity contribution is 7.21. The van der Waals surface area contributed by atoms with Crippen molar-refractivity contribution in [3.63, 3.8) is 0 Å². The maximum atomic E-state index is 13.1. The number of benzene rings is 2. The molecule has 1 saturated heterocycles. The van der Waals surface area contributed by atoms with E-state index in [-0.39, 0.29) is 18.4 Å². The number of rotatable bonds is 4. The van der Waals surface area contributed by atoms with E-state index in [1.807, 2.05) is 49.4 Å². The standard InChI is InChI=1S/C24H24N4O3S/c1-15-7-4-5-12-24(15)22(30)28(23(31)27-24)14-20(29)25-17-9-6-8-16(13-17)21-26-18-10-2-3-11-19(18)32-21/h2-3,6,8-11,13,15H,4-5,7,12,14H2,1H3,(H,25,29)(H,27,31). The zero-order valence-corrected chi connectivity index (χ0v) is 18.6. The molecule has 0 radical (unpaired) electrons. The number of fused-ring (bicyclic) bond motifs is 1. The van der Waals surface area contributed by atoms with Crippen LogP contribution in [0.4, 0.5) is 10.5 Å². The van der Waals surface area contributed by atoms with Gasteiger partial charge in [0.2, 0.25) is 5.91 Å². The predicted molar refractivity (Wildman–Crippen MR) is 124 cm³/mol. The molecule has 1 aliphatic heterocycles. The summed E-state index contributed by atoms with van der Waals surface area (Å²) in [4.78, 5) is 44.0. The SMILES string of the molecule is CC1CCCCC12NC(=O)N(CC(=O)Nc1cccc(-c3nc4ccccc4s3)c1)C2=O. The summed E-state index contributed by atoms with van der Waals surface area (Å²) in [5, 5.41) is 6.57. The first-order chi connectivity index (χ1) is 15.5. The van der Waals surface area contributed by atoms with E-state index in [1.54, 1.807) is 17.4 Å². The van der Waals surface area contributed by atoms with Crippen molar-refractivity contribution in [3.8, 4) is 10.6 Å². The van der Waals surface area contributed by atoms with Crippen LogP contribution in [0.15, 0.2) is 48.5 Å². The number of nitrogens with zero attached hydrogens (tertiary/aromatic N) is 2. The second-order valence-corrected chi connectivity index (χ2v) is 9.59. The molecule has 0 bridgehead atoms. The Bertz CT molecular complexity index is 1190. The van der Waals surface area contributed by atoms with Crippen molar-refractivity contribution in [3.05, 3.63) is 48.5 Å². The zero-order valence-electron chi connectivity index (χ0n) is 17.8. The van der Waals surface area contributed by atoms with Gasteiger partial charge in [0.25, 0.3) is 5.91 Å². The number of nitrogens with one attached hydrogen (secondary N) is 2. The lowest BCUT2D eigenvalue weighted by molar-refractivity contribution is -0.136. The molecular weight excluding hydrogens is 424 g/mol. The van der Waals surface area contributed by atoms with Crippen LogP contribution in [-0.2, 0) is 9.59 Å². The number of carbonyl (C=O) groups excluding carboxylic acids is 3. The fraction of sp³-hybridized carbons (Fsp3) is 0.333. The number of hydrogen-bond donors (Lipinski definition) is 2. The van der Waals surface area contributed by atoms with E-state index in [1.165, 1.54) is 0 Å². The normalized spacial score (nSPS) is 23.0. The molecule has 2 heterocycles. The van der Waals surface area contributed by atoms with Crippen LogP contribution in [0.5, 0.6) is 0 Å². The van der Waals surface area contributed by atoms with Crippen molar-refractivity contribution in [2.75, 3.05) is 11.9 Å². The molecule has 1 aromatic heterocycles. The van der Waals surface area contributed by atoms with Crippen molar-refractivity contribution < 1.29 is 14.4 Å². The predicted octanol–water partition coefficient (Wildman–Crippen LogP) is 4.40. The fourth-order valence-corrected chi connectivity index (χ4v) is 5.67. The van der Waals surface area contributed by atoms with Crippen LogP contribution >= 0.6 is 11.3 Å². The van der Waals surface area contributed by atoms with Crippen LogP contribution in [0.3, 0.4) is 0 Å². The van der Waals surface area contributed by atoms with Gasteiger partial charge in [0, 0.05) is 11.3 Å². The van der Waals surface area contributed by atoms with Crippen molar-refractivity contribution in [2.45, 2.75) is 38.1 Å². The largest absolute Gasteiger partial charge is 0.325 e. The average molecular weight is 449 g/mol. The van der Waals surface area contributed by atoms with Gasteiger partial charge in [-0.1, -0.05) is 44.0 Å². The van der Waals surface area contributed by atoms with Crippen LogP contribution in [0.2, 0.25) is 0 Å². The van der Waals surface area contributed by atoms with Crippen molar-refractivity contribution in [1.29, 1.82) is 0 Å². The van der Waals surface area contributed by atoms with Crippen LogP contribution in [0.1, 0.15) is 32.6 Å². The summed E-state index contributed by atoms with van der Waals surface area (Å²) < 4.78 is 1.10. The molecule has 1 aliphatic carbocycles. The summed E-state index contributed by atoms with van der Waals surface area (Å²) in [5.74, 6) is -0.630. The third-order valence-electron chi connectivity index (χ3n) is 6.49. The summed E-state index contributed by atoms with van der Waals surface area (Å²) in [6.45, 7) is 1.69. The first-order valence-electron chi connectivity index (χ1n) is 10.9. The fourth-order valence-electron chi connectivity index (χ4n) is 4.71. The van der Waals surface area contributed by atoms with Gasteiger partial charge in [0.1, 0.15) is 17.1 Å². The highest BCUT2D eigenvalue weighted by Crippen LogP contribution is 2.38. The quantitative estimate of drug-likeness (QED) is 0.579. The Morgan fingerprint density at radius 2 is 2.06 bits per heavy atom. The molecule has 32 heavy (non-hydrogen) atoms. The van der Waals surface area contributed by atoms with Gasteiger partial charge in [-0.25, -0.2) is 9.78 Å². The zero-order chi connectivity index (χ0) is 22.3. The summed E-state index contributed by atoms with van der Waals surface area (Å²) in [7, 11) is 0. The Labute approximate surface area is 189 Å². The van der Waals surface area contributed by atoms with Gasteiger partial charge in [0.15, 0.2) is 0 Å². The van der Waals surface area contributed by atoms with Gasteiger partial charge in [-0.05, 0) is 43.0 Å².